The molecule has 1 aromatic heterocycles. The second-order valence-electron chi connectivity index (χ2n) is 8.12. The Kier molecular flexibility index (Phi) is 6.93. The van der Waals surface area contributed by atoms with Gasteiger partial charge in [0.25, 0.3) is 0 Å². The molecule has 2 aliphatic heterocycles. The Bertz CT molecular complexity index is 1180. The topological polar surface area (TPSA) is 158 Å². The Hall–Kier alpha value is -2.90. The summed E-state index contributed by atoms with van der Waals surface area (Å²) >= 11 is 0. The first kappa shape index (κ1) is 25.2. The third kappa shape index (κ3) is 5.21. The molecule has 2 aliphatic rings. The van der Waals surface area contributed by atoms with Crippen molar-refractivity contribution in [1.29, 1.82) is 0 Å². The van der Waals surface area contributed by atoms with E-state index in [1.807, 2.05) is 0 Å². The zero-order valence-electron chi connectivity index (χ0n) is 18.5. The highest BCUT2D eigenvalue weighted by atomic mass is 31.2. The normalized spacial score (nSPS) is 27.7. The number of likely N-dealkylation sites (N-methyl/N-ethyl adjacent to an activating group) is 1. The van der Waals surface area contributed by atoms with Crippen LogP contribution in [-0.2, 0) is 18.6 Å². The number of nitrogen functional groups attached to an aromatic ring is 1. The maximum Gasteiger partial charge on any atom is 0.459 e. The summed E-state index contributed by atoms with van der Waals surface area (Å²) < 4.78 is 59.7. The first-order valence-corrected chi connectivity index (χ1v) is 12.1. The molecular weight excluding hydrogens is 491 g/mol. The zero-order valence-corrected chi connectivity index (χ0v) is 19.4. The van der Waals surface area contributed by atoms with E-state index < -0.39 is 50.4 Å². The van der Waals surface area contributed by atoms with E-state index >= 15 is 0 Å². The summed E-state index contributed by atoms with van der Waals surface area (Å²) in [6.07, 6.45) is -5.04. The molecule has 12 nitrogen and oxygen atoms in total. The fraction of sp³-hybridized carbons (Fsp3) is 0.450. The number of hydrogen-bond acceptors (Lipinski definition) is 9. The molecule has 1 aromatic carbocycles. The molecule has 2 aromatic rings. The monoisotopic (exact) mass is 515 g/mol. The minimum Gasteiger partial charge on any atom is -0.413 e. The number of amides is 1. The van der Waals surface area contributed by atoms with E-state index in [9.17, 15) is 28.0 Å². The summed E-state index contributed by atoms with van der Waals surface area (Å²) in [5.74, 6) is -4.30. The summed E-state index contributed by atoms with van der Waals surface area (Å²) in [5, 5.41) is 12.8. The van der Waals surface area contributed by atoms with Crippen molar-refractivity contribution in [3.8, 4) is 5.75 Å². The van der Waals surface area contributed by atoms with Gasteiger partial charge in [0.2, 0.25) is 12.1 Å². The molecule has 0 radical (unpaired) electrons. The van der Waals surface area contributed by atoms with Crippen LogP contribution in [-0.4, -0.2) is 69.8 Å². The van der Waals surface area contributed by atoms with Crippen molar-refractivity contribution in [2.75, 3.05) is 25.9 Å². The molecule has 4 N–H and O–H groups in total. The van der Waals surface area contributed by atoms with Gasteiger partial charge in [-0.2, -0.15) is 18.9 Å². The number of halogens is 2. The second kappa shape index (κ2) is 9.63. The fourth-order valence-electron chi connectivity index (χ4n) is 3.73. The number of carbonyl (C=O) groups is 1. The van der Waals surface area contributed by atoms with Crippen molar-refractivity contribution >= 4 is 19.5 Å². The van der Waals surface area contributed by atoms with E-state index in [2.05, 4.69) is 10.1 Å². The maximum atomic E-state index is 14.8. The number of benzene rings is 1. The molecular formula is C20H24F2N5O7P. The number of aliphatic hydroxyl groups excluding tert-OH is 1. The van der Waals surface area contributed by atoms with Crippen LogP contribution in [0.25, 0.3) is 0 Å². The molecule has 5 atom stereocenters. The van der Waals surface area contributed by atoms with E-state index in [4.69, 9.17) is 19.5 Å². The van der Waals surface area contributed by atoms with Gasteiger partial charge in [0.1, 0.15) is 17.7 Å². The average molecular weight is 515 g/mol. The van der Waals surface area contributed by atoms with Gasteiger partial charge in [-0.3, -0.25) is 13.9 Å². The molecule has 35 heavy (non-hydrogen) atoms. The van der Waals surface area contributed by atoms with Crippen molar-refractivity contribution in [1.82, 2.24) is 19.5 Å². The molecule has 1 amide bonds. The van der Waals surface area contributed by atoms with Gasteiger partial charge in [0.15, 0.2) is 6.10 Å². The number of alkyl halides is 2. The van der Waals surface area contributed by atoms with Gasteiger partial charge in [-0.25, -0.2) is 9.36 Å². The predicted molar refractivity (Wildman–Crippen MR) is 118 cm³/mol. The number of likely N-dealkylation sites (tertiary alicyclic amines) is 1. The lowest BCUT2D eigenvalue weighted by Gasteiger charge is -2.24. The number of rotatable bonds is 8. The van der Waals surface area contributed by atoms with Crippen LogP contribution in [0.5, 0.6) is 5.75 Å². The van der Waals surface area contributed by atoms with Gasteiger partial charge in [-0.05, 0) is 24.6 Å². The van der Waals surface area contributed by atoms with Crippen molar-refractivity contribution in [3.05, 3.63) is 53.1 Å². The maximum absolute atomic E-state index is 14.8. The molecule has 190 valence electrons. The summed E-state index contributed by atoms with van der Waals surface area (Å²) in [6.45, 7) is -0.400. The van der Waals surface area contributed by atoms with Crippen molar-refractivity contribution in [2.45, 2.75) is 36.8 Å². The van der Waals surface area contributed by atoms with Gasteiger partial charge >= 0.3 is 19.4 Å². The molecule has 0 bridgehead atoms. The summed E-state index contributed by atoms with van der Waals surface area (Å²) in [6, 6.07) is 8.14. The first-order chi connectivity index (χ1) is 16.5. The van der Waals surface area contributed by atoms with E-state index in [0.717, 1.165) is 12.3 Å². The van der Waals surface area contributed by atoms with Crippen LogP contribution < -0.4 is 21.0 Å². The van der Waals surface area contributed by atoms with Crippen molar-refractivity contribution < 1.29 is 37.0 Å². The number of nitrogens with zero attached hydrogens (tertiary/aromatic N) is 3. The number of anilines is 1. The average Bonchev–Trinajstić information content (AvgIpc) is 3.23. The number of para-hydroxylation sites is 1. The Balaban J connectivity index is 1.53. The molecule has 0 saturated carbocycles. The van der Waals surface area contributed by atoms with Crippen molar-refractivity contribution in [2.24, 2.45) is 0 Å². The van der Waals surface area contributed by atoms with Gasteiger partial charge in [-0.1, -0.05) is 18.2 Å². The minimum atomic E-state index is -4.31. The Morgan fingerprint density at radius 2 is 2.03 bits per heavy atom. The Morgan fingerprint density at radius 3 is 2.66 bits per heavy atom. The van der Waals surface area contributed by atoms with E-state index in [-0.39, 0.29) is 17.5 Å². The van der Waals surface area contributed by atoms with Crippen LogP contribution in [0.2, 0.25) is 0 Å². The standard InChI is InChI=1S/C20H24F2N5O7P/c1-26-9-7-13(17(26)29)25-35(31,34-12-5-3-2-4-6-12)32-11-14-16(28)20(21,22)18(33-14)27-10-8-15(23)24-19(27)30/h2-6,8,10,13-14,16,18,28H,7,9,11H2,1H3,(H,25,31)(H2,23,24,30)/t13?,14-,16-,18-,35-/m1/s1. The lowest BCUT2D eigenvalue weighted by atomic mass is 10.1. The van der Waals surface area contributed by atoms with Gasteiger partial charge in [0.05, 0.1) is 12.6 Å². The third-order valence-electron chi connectivity index (χ3n) is 5.60. The van der Waals surface area contributed by atoms with Gasteiger partial charge in [0, 0.05) is 19.8 Å². The van der Waals surface area contributed by atoms with Crippen LogP contribution in [0, 0.1) is 0 Å². The van der Waals surface area contributed by atoms with Gasteiger partial charge in [-0.15, -0.1) is 0 Å². The molecule has 0 spiro atoms. The van der Waals surface area contributed by atoms with Crippen LogP contribution >= 0.6 is 7.75 Å². The second-order valence-corrected chi connectivity index (χ2v) is 9.81. The Morgan fingerprint density at radius 1 is 1.31 bits per heavy atom. The van der Waals surface area contributed by atoms with E-state index in [1.54, 1.807) is 25.2 Å². The van der Waals surface area contributed by atoms with Crippen LogP contribution in [0.1, 0.15) is 12.6 Å². The highest BCUT2D eigenvalue weighted by molar-refractivity contribution is 7.52. The molecule has 4 rings (SSSR count). The van der Waals surface area contributed by atoms with Crippen LogP contribution in [0.3, 0.4) is 0 Å². The number of nitrogens with two attached hydrogens (primary N) is 1. The summed E-state index contributed by atoms with van der Waals surface area (Å²) in [7, 11) is -2.74. The molecule has 0 aliphatic carbocycles. The highest BCUT2D eigenvalue weighted by Gasteiger charge is 2.60. The lowest BCUT2D eigenvalue weighted by molar-refractivity contribution is -0.140. The number of aliphatic hydroxyl groups is 1. The van der Waals surface area contributed by atoms with Crippen LogP contribution in [0.4, 0.5) is 14.6 Å². The summed E-state index contributed by atoms with van der Waals surface area (Å²) in [5.41, 5.74) is 4.29. The van der Waals surface area contributed by atoms with Crippen molar-refractivity contribution in [3.63, 3.8) is 0 Å². The molecule has 2 saturated heterocycles. The number of aromatic nitrogens is 2. The molecule has 1 unspecified atom stereocenters. The highest BCUT2D eigenvalue weighted by Crippen LogP contribution is 2.48. The van der Waals surface area contributed by atoms with E-state index in [0.29, 0.717) is 17.5 Å². The quantitative estimate of drug-likeness (QED) is 0.428. The zero-order chi connectivity index (χ0) is 25.4. The molecule has 2 fully saturated rings. The smallest absolute Gasteiger partial charge is 0.413 e. The lowest BCUT2D eigenvalue weighted by Crippen LogP contribution is -2.42. The van der Waals surface area contributed by atoms with Gasteiger partial charge < -0.3 is 25.0 Å². The summed E-state index contributed by atoms with van der Waals surface area (Å²) in [4.78, 5) is 29.2. The number of nitrogens with one attached hydrogen (secondary N) is 1. The SMILES string of the molecule is CN1CCC(N[P@@](=O)(OC[C@H]2O[C@@H](n3ccc(N)nc3=O)C(F)(F)[C@@H]2O)Oc2ccccc2)C1=O. The minimum absolute atomic E-state index is 0.137. The fourth-order valence-corrected chi connectivity index (χ4v) is 5.27. The molecule has 3 heterocycles. The number of ether oxygens (including phenoxy) is 1. The van der Waals surface area contributed by atoms with E-state index in [1.165, 1.54) is 17.0 Å². The predicted octanol–water partition coefficient (Wildman–Crippen LogP) is 0.743. The first-order valence-electron chi connectivity index (χ1n) is 10.6. The molecule has 15 heteroatoms. The third-order valence-corrected chi connectivity index (χ3v) is 7.17. The number of hydrogen-bond donors (Lipinski definition) is 3. The Labute approximate surface area is 198 Å². The largest absolute Gasteiger partial charge is 0.459 e. The number of carbonyl (C=O) groups excluding carboxylic acids is 1. The van der Waals surface area contributed by atoms with Crippen LogP contribution in [0.15, 0.2) is 47.4 Å².